The van der Waals surface area contributed by atoms with Gasteiger partial charge in [0.2, 0.25) is 0 Å². The molecule has 31 heavy (non-hydrogen) atoms. The van der Waals surface area contributed by atoms with E-state index in [1.54, 1.807) is 6.07 Å². The summed E-state index contributed by atoms with van der Waals surface area (Å²) in [6.07, 6.45) is 2.93. The van der Waals surface area contributed by atoms with E-state index in [1.807, 2.05) is 12.1 Å². The Hall–Kier alpha value is -0.650. The molecule has 4 aromatic heterocycles. The molecule has 4 heterocycles. The minimum atomic E-state index is -3.22. The quantitative estimate of drug-likeness (QED) is 0.148. The molecule has 160 valence electrons. The van der Waals surface area contributed by atoms with E-state index in [4.69, 9.17) is 22.1 Å². The van der Waals surface area contributed by atoms with Crippen molar-refractivity contribution in [1.82, 2.24) is 9.97 Å². The average Bonchev–Trinajstić information content (AvgIpc) is 3.25. The van der Waals surface area contributed by atoms with Gasteiger partial charge in [-0.15, -0.1) is 22.7 Å². The van der Waals surface area contributed by atoms with Crippen molar-refractivity contribution >= 4 is 125 Å². The molecule has 0 aliphatic rings. The Balaban J connectivity index is 0.000000182. The molecule has 0 aromatic carbocycles. The second-order valence-electron chi connectivity index (χ2n) is 5.20. The van der Waals surface area contributed by atoms with Crippen molar-refractivity contribution in [2.75, 3.05) is 0 Å². The van der Waals surface area contributed by atoms with Crippen molar-refractivity contribution < 1.29 is 4.57 Å². The molecule has 0 saturated heterocycles. The molecule has 0 atom stereocenters. The summed E-state index contributed by atoms with van der Waals surface area (Å²) in [6.45, 7) is 0. The second-order valence-corrected chi connectivity index (χ2v) is 17.1. The fourth-order valence-corrected chi connectivity index (χ4v) is 5.51. The third-order valence-electron chi connectivity index (χ3n) is 3.26. The van der Waals surface area contributed by atoms with Gasteiger partial charge in [0.05, 0.1) is 33.5 Å². The highest BCUT2D eigenvalue weighted by Crippen LogP contribution is 2.61. The minimum Gasteiger partial charge on any atom is -0.327 e. The van der Waals surface area contributed by atoms with E-state index < -0.39 is 5.20 Å². The van der Waals surface area contributed by atoms with Gasteiger partial charge in [0, 0.05) is 17.8 Å². The Labute approximate surface area is 219 Å². The highest BCUT2D eigenvalue weighted by atomic mass is 79.9. The molecule has 4 aromatic rings. The van der Waals surface area contributed by atoms with Crippen LogP contribution in [0, 0.1) is 22.7 Å². The minimum absolute atomic E-state index is 0.157. The van der Waals surface area contributed by atoms with E-state index in [9.17, 15) is 9.36 Å². The van der Waals surface area contributed by atoms with Crippen LogP contribution in [0.4, 0.5) is 0 Å². The van der Waals surface area contributed by atoms with Crippen molar-refractivity contribution in [1.29, 1.82) is 10.5 Å². The van der Waals surface area contributed by atoms with Gasteiger partial charge in [0.25, 0.3) is 5.56 Å². The fraction of sp³-hybridized carbons (Fsp3) is 0. The maximum atomic E-state index is 11.3. The number of nitriles is 2. The monoisotopic (exact) mass is 678 g/mol. The van der Waals surface area contributed by atoms with Crippen LogP contribution in [-0.2, 0) is 4.57 Å². The van der Waals surface area contributed by atoms with Crippen molar-refractivity contribution in [3.8, 4) is 12.1 Å². The van der Waals surface area contributed by atoms with Crippen LogP contribution >= 0.6 is 105 Å². The van der Waals surface area contributed by atoms with Gasteiger partial charge < -0.3 is 4.98 Å². The van der Waals surface area contributed by atoms with Gasteiger partial charge in [-0.3, -0.25) is 9.36 Å². The van der Waals surface area contributed by atoms with Crippen molar-refractivity contribution in [3.63, 3.8) is 0 Å². The van der Waals surface area contributed by atoms with Crippen LogP contribution in [0.15, 0.2) is 36.9 Å². The van der Waals surface area contributed by atoms with Gasteiger partial charge >= 0.3 is 5.20 Å². The molecule has 0 unspecified atom stereocenters. The Morgan fingerprint density at radius 2 is 1.48 bits per heavy atom. The zero-order valence-electron chi connectivity index (χ0n) is 14.5. The van der Waals surface area contributed by atoms with Crippen LogP contribution in [-0.4, -0.2) is 9.97 Å². The molecule has 0 aliphatic heterocycles. The fourth-order valence-electron chi connectivity index (χ4n) is 2.14. The summed E-state index contributed by atoms with van der Waals surface area (Å²) < 4.78 is 12.9. The lowest BCUT2D eigenvalue weighted by molar-refractivity contribution is 0.600. The molecule has 0 bridgehead atoms. The summed E-state index contributed by atoms with van der Waals surface area (Å²) in [5.74, 6) is 0. The molecule has 6 nitrogen and oxygen atoms in total. The van der Waals surface area contributed by atoms with Crippen LogP contribution in [0.25, 0.3) is 20.2 Å². The molecule has 15 heteroatoms. The summed E-state index contributed by atoms with van der Waals surface area (Å²) in [5.41, 5.74) is 0.913. The first-order valence-corrected chi connectivity index (χ1v) is 15.5. The number of halogens is 6. The van der Waals surface area contributed by atoms with Crippen molar-refractivity contribution in [2.45, 2.75) is 0 Å². The zero-order chi connectivity index (χ0) is 23.3. The molecule has 0 radical (unpaired) electrons. The van der Waals surface area contributed by atoms with Gasteiger partial charge in [-0.05, 0) is 77.7 Å². The Kier molecular flexibility index (Phi) is 9.84. The first kappa shape index (κ1) is 26.6. The van der Waals surface area contributed by atoms with Crippen LogP contribution in [0.2, 0.25) is 5.15 Å². The molecule has 0 fully saturated rings. The highest BCUT2D eigenvalue weighted by molar-refractivity contribution is 9.11. The standard InChI is InChI=1S/C8H2BrClN2S.C8H3BrN2OS.Cl3OP/c9-6-1-5-7(13-6)4(2-11)3-12-8(5)10;9-6-1-5-7(13-6)4(2-10)3-11-8(5)12;1-5(2,3)4/h1,3H;1,3H,(H,11,12);. The molecule has 0 saturated carbocycles. The molecule has 0 spiro atoms. The molecule has 0 amide bonds. The largest absolute Gasteiger partial charge is 0.339 e. The van der Waals surface area contributed by atoms with Gasteiger partial charge in [-0.1, -0.05) is 11.6 Å². The normalized spacial score (nSPS) is 10.5. The van der Waals surface area contributed by atoms with Gasteiger partial charge in [-0.2, -0.15) is 10.5 Å². The lowest BCUT2D eigenvalue weighted by Crippen LogP contribution is -2.03. The third kappa shape index (κ3) is 7.71. The number of nitrogens with one attached hydrogen (secondary N) is 1. The Morgan fingerprint density at radius 3 is 2.00 bits per heavy atom. The summed E-state index contributed by atoms with van der Waals surface area (Å²) in [7, 11) is 0. The number of nitrogens with zero attached hydrogens (tertiary/aromatic N) is 3. The van der Waals surface area contributed by atoms with Crippen LogP contribution in [0.5, 0.6) is 0 Å². The first-order chi connectivity index (χ1) is 14.4. The number of thiophene rings is 2. The number of fused-ring (bicyclic) bond motifs is 2. The predicted octanol–water partition coefficient (Wildman–Crippen LogP) is 8.62. The van der Waals surface area contributed by atoms with E-state index in [0.29, 0.717) is 21.7 Å². The van der Waals surface area contributed by atoms with E-state index in [2.05, 4.69) is 81.6 Å². The van der Waals surface area contributed by atoms with Crippen molar-refractivity contribution in [3.05, 3.63) is 58.7 Å². The van der Waals surface area contributed by atoms with Gasteiger partial charge in [-0.25, -0.2) is 4.98 Å². The Bertz CT molecular complexity index is 1440. The van der Waals surface area contributed by atoms with Gasteiger partial charge in [0.15, 0.2) is 0 Å². The lowest BCUT2D eigenvalue weighted by Gasteiger charge is -1.93. The van der Waals surface area contributed by atoms with Gasteiger partial charge in [0.1, 0.15) is 17.3 Å². The maximum Gasteiger partial charge on any atom is 0.339 e. The van der Waals surface area contributed by atoms with E-state index in [0.717, 1.165) is 22.4 Å². The van der Waals surface area contributed by atoms with E-state index >= 15 is 0 Å². The number of aromatic nitrogens is 2. The molecule has 1 N–H and O–H groups in total. The van der Waals surface area contributed by atoms with Crippen molar-refractivity contribution in [2.24, 2.45) is 0 Å². The zero-order valence-corrected chi connectivity index (χ0v) is 23.2. The second kappa shape index (κ2) is 11.5. The number of aromatic amines is 1. The lowest BCUT2D eigenvalue weighted by atomic mass is 10.2. The molecule has 4 rings (SSSR count). The summed E-state index contributed by atoms with van der Waals surface area (Å²) in [6, 6.07) is 7.70. The van der Waals surface area contributed by atoms with Crippen LogP contribution in [0.1, 0.15) is 11.1 Å². The number of pyridine rings is 2. The SMILES string of the molecule is N#Cc1c[nH]c(=O)c2cc(Br)sc12.N#Cc1cnc(Cl)c2cc(Br)sc12.O=P(Cl)(Cl)Cl. The number of hydrogen-bond donors (Lipinski definition) is 1. The third-order valence-corrected chi connectivity index (χ3v) is 6.90. The number of rotatable bonds is 0. The average molecular weight is 682 g/mol. The maximum absolute atomic E-state index is 11.3. The molecular formula is C16H5Br2Cl4N4O2PS2. The summed E-state index contributed by atoms with van der Waals surface area (Å²) in [5, 5.41) is 16.2. The summed E-state index contributed by atoms with van der Waals surface area (Å²) >= 11 is 29.2. The highest BCUT2D eigenvalue weighted by Gasteiger charge is 2.09. The van der Waals surface area contributed by atoms with E-state index in [-0.39, 0.29) is 5.56 Å². The Morgan fingerprint density at radius 1 is 1.00 bits per heavy atom. The summed E-state index contributed by atoms with van der Waals surface area (Å²) in [4.78, 5) is 17.7. The topological polar surface area (TPSA) is 110 Å². The first-order valence-electron chi connectivity index (χ1n) is 7.48. The number of hydrogen-bond acceptors (Lipinski definition) is 7. The number of H-pyrrole nitrogens is 1. The van der Waals surface area contributed by atoms with Crippen LogP contribution in [0.3, 0.4) is 0 Å². The predicted molar refractivity (Wildman–Crippen MR) is 137 cm³/mol. The van der Waals surface area contributed by atoms with E-state index in [1.165, 1.54) is 35.1 Å². The van der Waals surface area contributed by atoms with Crippen LogP contribution < -0.4 is 5.56 Å². The molecule has 0 aliphatic carbocycles. The molecular weight excluding hydrogens is 677 g/mol. The smallest absolute Gasteiger partial charge is 0.327 e.